The maximum atomic E-state index is 13.1. The molecule has 0 spiro atoms. The molecule has 3 heterocycles. The first-order valence-corrected chi connectivity index (χ1v) is 9.71. The van der Waals surface area contributed by atoms with E-state index in [0.717, 1.165) is 43.6 Å². The van der Waals surface area contributed by atoms with Gasteiger partial charge < -0.3 is 18.7 Å². The van der Waals surface area contributed by atoms with Crippen LogP contribution in [0.15, 0.2) is 10.7 Å². The predicted octanol–water partition coefficient (Wildman–Crippen LogP) is 3.45. The number of nitrogens with zero attached hydrogens (tertiary/aromatic N) is 4. The first kappa shape index (κ1) is 19.6. The van der Waals surface area contributed by atoms with Gasteiger partial charge in [-0.25, -0.2) is 4.98 Å². The molecule has 0 N–H and O–H groups in total. The third kappa shape index (κ3) is 3.93. The maximum Gasteiger partial charge on any atom is 0.276 e. The molecule has 3 rings (SSSR count). The molecule has 1 aliphatic heterocycles. The highest BCUT2D eigenvalue weighted by atomic mass is 16.5. The molecule has 1 fully saturated rings. The lowest BCUT2D eigenvalue weighted by molar-refractivity contribution is 0.0715. The van der Waals surface area contributed by atoms with Crippen LogP contribution in [0, 0.1) is 13.8 Å². The molecule has 2 aromatic heterocycles. The molecule has 1 amide bonds. The fourth-order valence-electron chi connectivity index (χ4n) is 4.09. The van der Waals surface area contributed by atoms with Gasteiger partial charge in [-0.2, -0.15) is 0 Å². The average Bonchev–Trinajstić information content (AvgIpc) is 3.32. The van der Waals surface area contributed by atoms with Gasteiger partial charge in [0.05, 0.1) is 12.2 Å². The zero-order valence-corrected chi connectivity index (χ0v) is 17.0. The summed E-state index contributed by atoms with van der Waals surface area (Å²) in [5.41, 5.74) is 2.32. The topological polar surface area (TPSA) is 73.4 Å². The minimum absolute atomic E-state index is 0.0511. The number of amides is 1. The third-order valence-corrected chi connectivity index (χ3v) is 5.39. The molecule has 1 aliphatic rings. The van der Waals surface area contributed by atoms with E-state index in [-0.39, 0.29) is 11.9 Å². The molecule has 0 bridgehead atoms. The second-order valence-corrected chi connectivity index (χ2v) is 7.61. The Labute approximate surface area is 160 Å². The average molecular weight is 374 g/mol. The Morgan fingerprint density at radius 1 is 1.41 bits per heavy atom. The molecule has 0 saturated carbocycles. The van der Waals surface area contributed by atoms with Gasteiger partial charge in [-0.1, -0.05) is 5.16 Å². The first-order valence-electron chi connectivity index (χ1n) is 9.71. The number of methoxy groups -OCH3 is 1. The van der Waals surface area contributed by atoms with E-state index < -0.39 is 0 Å². The Morgan fingerprint density at radius 3 is 2.89 bits per heavy atom. The molecular weight excluding hydrogens is 344 g/mol. The molecule has 1 saturated heterocycles. The number of imidazole rings is 1. The fraction of sp³-hybridized carbons (Fsp3) is 0.650. The number of carbonyl (C=O) groups is 1. The van der Waals surface area contributed by atoms with Gasteiger partial charge >= 0.3 is 0 Å². The third-order valence-electron chi connectivity index (χ3n) is 5.39. The number of ether oxygens (including phenoxy) is 1. The highest BCUT2D eigenvalue weighted by Crippen LogP contribution is 2.26. The van der Waals surface area contributed by atoms with Crippen LogP contribution >= 0.6 is 0 Å². The Hall–Kier alpha value is -2.15. The van der Waals surface area contributed by atoms with Crippen LogP contribution in [0.25, 0.3) is 0 Å². The Kier molecular flexibility index (Phi) is 5.99. The van der Waals surface area contributed by atoms with Gasteiger partial charge in [-0.3, -0.25) is 4.79 Å². The molecule has 7 heteroatoms. The van der Waals surface area contributed by atoms with Crippen LogP contribution < -0.4 is 0 Å². The number of likely N-dealkylation sites (tertiary alicyclic amines) is 1. The van der Waals surface area contributed by atoms with Gasteiger partial charge in [-0.05, 0) is 47.0 Å². The van der Waals surface area contributed by atoms with Gasteiger partial charge in [0.15, 0.2) is 5.69 Å². The van der Waals surface area contributed by atoms with Gasteiger partial charge in [0.1, 0.15) is 11.6 Å². The SMILES string of the molecule is COCc1c(C(=O)N2CCC[C@@H]2CCc2ncc(C)n2C(C)C)noc1C. The van der Waals surface area contributed by atoms with Crippen molar-refractivity contribution in [3.05, 3.63) is 34.7 Å². The fourth-order valence-corrected chi connectivity index (χ4v) is 4.09. The molecule has 0 unspecified atom stereocenters. The summed E-state index contributed by atoms with van der Waals surface area (Å²) in [7, 11) is 1.61. The smallest absolute Gasteiger partial charge is 0.276 e. The standard InChI is InChI=1S/C20H30N4O3/c1-13(2)24-14(3)11-21-18(24)9-8-16-7-6-10-23(16)20(25)19-17(12-26-5)15(4)27-22-19/h11,13,16H,6-10,12H2,1-5H3/t16-/m1/s1. The molecule has 0 radical (unpaired) electrons. The lowest BCUT2D eigenvalue weighted by Crippen LogP contribution is -2.36. The van der Waals surface area contributed by atoms with Crippen molar-refractivity contribution in [2.75, 3.05) is 13.7 Å². The second kappa shape index (κ2) is 8.25. The summed E-state index contributed by atoms with van der Waals surface area (Å²) in [6, 6.07) is 0.598. The van der Waals surface area contributed by atoms with Crippen LogP contribution in [0.1, 0.15) is 72.5 Å². The highest BCUT2D eigenvalue weighted by Gasteiger charge is 2.33. The summed E-state index contributed by atoms with van der Waals surface area (Å²) in [6.45, 7) is 9.35. The van der Waals surface area contributed by atoms with Crippen molar-refractivity contribution in [2.24, 2.45) is 0 Å². The van der Waals surface area contributed by atoms with E-state index in [9.17, 15) is 4.79 Å². The first-order chi connectivity index (χ1) is 12.9. The maximum absolute atomic E-state index is 13.1. The Morgan fingerprint density at radius 2 is 2.19 bits per heavy atom. The van der Waals surface area contributed by atoms with Gasteiger partial charge in [-0.15, -0.1) is 0 Å². The Bertz CT molecular complexity index is 793. The number of aryl methyl sites for hydroxylation is 3. The summed E-state index contributed by atoms with van der Waals surface area (Å²) >= 11 is 0. The van der Waals surface area contributed by atoms with Crippen LogP contribution in [0.5, 0.6) is 0 Å². The summed E-state index contributed by atoms with van der Waals surface area (Å²) in [5.74, 6) is 1.69. The zero-order valence-electron chi connectivity index (χ0n) is 17.0. The highest BCUT2D eigenvalue weighted by molar-refractivity contribution is 5.94. The Balaban J connectivity index is 1.72. The van der Waals surface area contributed by atoms with Gasteiger partial charge in [0, 0.05) is 44.0 Å². The molecule has 27 heavy (non-hydrogen) atoms. The van der Waals surface area contributed by atoms with E-state index in [1.165, 1.54) is 5.69 Å². The molecule has 2 aromatic rings. The number of hydrogen-bond acceptors (Lipinski definition) is 5. The van der Waals surface area contributed by atoms with Crippen LogP contribution in [-0.4, -0.2) is 45.2 Å². The van der Waals surface area contributed by atoms with Gasteiger partial charge in [0.25, 0.3) is 5.91 Å². The summed E-state index contributed by atoms with van der Waals surface area (Å²) in [5, 5.41) is 4.01. The van der Waals surface area contributed by atoms with Crippen LogP contribution in [0.3, 0.4) is 0 Å². The summed E-state index contributed by atoms with van der Waals surface area (Å²) in [4.78, 5) is 19.6. The predicted molar refractivity (Wildman–Crippen MR) is 102 cm³/mol. The molecule has 0 aromatic carbocycles. The number of hydrogen-bond donors (Lipinski definition) is 0. The van der Waals surface area contributed by atoms with E-state index in [2.05, 4.69) is 35.5 Å². The van der Waals surface area contributed by atoms with Crippen LogP contribution in [0.4, 0.5) is 0 Å². The minimum Gasteiger partial charge on any atom is -0.380 e. The van der Waals surface area contributed by atoms with E-state index in [0.29, 0.717) is 24.1 Å². The largest absolute Gasteiger partial charge is 0.380 e. The van der Waals surface area contributed by atoms with Crippen molar-refractivity contribution >= 4 is 5.91 Å². The van der Waals surface area contributed by atoms with Crippen molar-refractivity contribution in [3.63, 3.8) is 0 Å². The van der Waals surface area contributed by atoms with Crippen LogP contribution in [0.2, 0.25) is 0 Å². The van der Waals surface area contributed by atoms with Crippen molar-refractivity contribution in [1.82, 2.24) is 19.6 Å². The van der Waals surface area contributed by atoms with E-state index >= 15 is 0 Å². The van der Waals surface area contributed by atoms with Crippen molar-refractivity contribution in [3.8, 4) is 0 Å². The quantitative estimate of drug-likeness (QED) is 0.742. The van der Waals surface area contributed by atoms with Gasteiger partial charge in [0.2, 0.25) is 0 Å². The molecule has 0 aliphatic carbocycles. The van der Waals surface area contributed by atoms with Crippen molar-refractivity contribution in [1.29, 1.82) is 0 Å². The van der Waals surface area contributed by atoms with E-state index in [1.54, 1.807) is 7.11 Å². The molecular formula is C20H30N4O3. The van der Waals surface area contributed by atoms with E-state index in [4.69, 9.17) is 9.26 Å². The van der Waals surface area contributed by atoms with E-state index in [1.807, 2.05) is 18.0 Å². The minimum atomic E-state index is -0.0511. The number of aromatic nitrogens is 3. The van der Waals surface area contributed by atoms with Crippen molar-refractivity contribution < 1.29 is 14.1 Å². The summed E-state index contributed by atoms with van der Waals surface area (Å²) in [6.07, 6.45) is 5.74. The molecule has 1 atom stereocenters. The number of rotatable bonds is 7. The summed E-state index contributed by atoms with van der Waals surface area (Å²) < 4.78 is 12.7. The monoisotopic (exact) mass is 374 g/mol. The second-order valence-electron chi connectivity index (χ2n) is 7.61. The lowest BCUT2D eigenvalue weighted by Gasteiger charge is -2.24. The zero-order chi connectivity index (χ0) is 19.6. The van der Waals surface area contributed by atoms with Crippen LogP contribution in [-0.2, 0) is 17.8 Å². The number of carbonyl (C=O) groups excluding carboxylic acids is 1. The molecule has 148 valence electrons. The molecule has 7 nitrogen and oxygen atoms in total. The lowest BCUT2D eigenvalue weighted by atomic mass is 10.1. The normalized spacial score (nSPS) is 17.3. The van der Waals surface area contributed by atoms with Crippen molar-refractivity contribution in [2.45, 2.75) is 72.1 Å².